The molecule has 2 heterocycles. The standard InChI is InChI=1S/C11H14N4OS/c1-16-7-6-12-8-10-11(14-15-17-10)9-4-2-3-5-13-9/h2-5,12H,6-8H2,1H3. The van der Waals surface area contributed by atoms with E-state index in [4.69, 9.17) is 4.74 Å². The Morgan fingerprint density at radius 2 is 2.35 bits per heavy atom. The summed E-state index contributed by atoms with van der Waals surface area (Å²) in [4.78, 5) is 5.38. The molecular formula is C11H14N4OS. The average molecular weight is 250 g/mol. The van der Waals surface area contributed by atoms with Crippen molar-refractivity contribution in [1.29, 1.82) is 0 Å². The Kier molecular flexibility index (Phi) is 4.54. The third kappa shape index (κ3) is 3.29. The fourth-order valence-electron chi connectivity index (χ4n) is 1.40. The van der Waals surface area contributed by atoms with Gasteiger partial charge in [-0.25, -0.2) is 0 Å². The predicted molar refractivity (Wildman–Crippen MR) is 66.7 cm³/mol. The van der Waals surface area contributed by atoms with Crippen LogP contribution >= 0.6 is 11.5 Å². The number of ether oxygens (including phenoxy) is 1. The number of nitrogens with zero attached hydrogens (tertiary/aromatic N) is 3. The summed E-state index contributed by atoms with van der Waals surface area (Å²) in [7, 11) is 1.69. The van der Waals surface area contributed by atoms with E-state index in [1.807, 2.05) is 18.2 Å². The average Bonchev–Trinajstić information content (AvgIpc) is 2.84. The highest BCUT2D eigenvalue weighted by atomic mass is 32.1. The second kappa shape index (κ2) is 6.39. The van der Waals surface area contributed by atoms with Crippen LogP contribution in [0.2, 0.25) is 0 Å². The van der Waals surface area contributed by atoms with Crippen LogP contribution in [-0.2, 0) is 11.3 Å². The van der Waals surface area contributed by atoms with Crippen molar-refractivity contribution >= 4 is 11.5 Å². The summed E-state index contributed by atoms with van der Waals surface area (Å²) >= 11 is 1.40. The zero-order valence-corrected chi connectivity index (χ0v) is 10.4. The topological polar surface area (TPSA) is 59.9 Å². The quantitative estimate of drug-likeness (QED) is 0.784. The largest absolute Gasteiger partial charge is 0.383 e. The van der Waals surface area contributed by atoms with Crippen molar-refractivity contribution in [3.8, 4) is 11.4 Å². The Morgan fingerprint density at radius 1 is 1.41 bits per heavy atom. The minimum absolute atomic E-state index is 0.700. The molecule has 0 aliphatic heterocycles. The van der Waals surface area contributed by atoms with Gasteiger partial charge in [-0.1, -0.05) is 10.6 Å². The van der Waals surface area contributed by atoms with Crippen molar-refractivity contribution in [3.63, 3.8) is 0 Å². The smallest absolute Gasteiger partial charge is 0.128 e. The molecule has 5 nitrogen and oxygen atoms in total. The van der Waals surface area contributed by atoms with Crippen molar-refractivity contribution < 1.29 is 4.74 Å². The number of methoxy groups -OCH3 is 1. The van der Waals surface area contributed by atoms with Gasteiger partial charge in [0.05, 0.1) is 17.2 Å². The summed E-state index contributed by atoms with van der Waals surface area (Å²) in [6.45, 7) is 2.26. The molecule has 0 atom stereocenters. The van der Waals surface area contributed by atoms with Crippen LogP contribution < -0.4 is 5.32 Å². The van der Waals surface area contributed by atoms with Gasteiger partial charge in [-0.3, -0.25) is 4.98 Å². The lowest BCUT2D eigenvalue weighted by atomic mass is 10.2. The molecule has 0 radical (unpaired) electrons. The monoisotopic (exact) mass is 250 g/mol. The van der Waals surface area contributed by atoms with E-state index in [-0.39, 0.29) is 0 Å². The molecule has 0 saturated carbocycles. The van der Waals surface area contributed by atoms with E-state index >= 15 is 0 Å². The maximum Gasteiger partial charge on any atom is 0.128 e. The highest BCUT2D eigenvalue weighted by molar-refractivity contribution is 7.05. The normalized spacial score (nSPS) is 10.6. The maximum atomic E-state index is 4.97. The fraction of sp³-hybridized carbons (Fsp3) is 0.364. The van der Waals surface area contributed by atoms with Gasteiger partial charge in [-0.05, 0) is 23.7 Å². The molecule has 2 aromatic rings. The predicted octanol–water partition coefficient (Wildman–Crippen LogP) is 1.34. The summed E-state index contributed by atoms with van der Waals surface area (Å²) in [5, 5.41) is 7.40. The van der Waals surface area contributed by atoms with E-state index in [9.17, 15) is 0 Å². The summed E-state index contributed by atoms with van der Waals surface area (Å²) < 4.78 is 8.95. The first-order valence-corrected chi connectivity index (χ1v) is 6.11. The Morgan fingerprint density at radius 3 is 3.12 bits per heavy atom. The summed E-state index contributed by atoms with van der Waals surface area (Å²) in [5.41, 5.74) is 1.73. The second-order valence-electron chi connectivity index (χ2n) is 3.43. The molecule has 2 rings (SSSR count). The van der Waals surface area contributed by atoms with Crippen molar-refractivity contribution in [2.45, 2.75) is 6.54 Å². The molecule has 0 fully saturated rings. The highest BCUT2D eigenvalue weighted by Crippen LogP contribution is 2.21. The van der Waals surface area contributed by atoms with Gasteiger partial charge in [-0.15, -0.1) is 5.10 Å². The fourth-order valence-corrected chi connectivity index (χ4v) is 2.02. The third-order valence-electron chi connectivity index (χ3n) is 2.23. The van der Waals surface area contributed by atoms with Gasteiger partial charge in [-0.2, -0.15) is 0 Å². The first-order chi connectivity index (χ1) is 8.42. The molecule has 0 bridgehead atoms. The third-order valence-corrected chi connectivity index (χ3v) is 2.95. The van der Waals surface area contributed by atoms with Crippen LogP contribution in [0.4, 0.5) is 0 Å². The van der Waals surface area contributed by atoms with Crippen LogP contribution in [0.5, 0.6) is 0 Å². The van der Waals surface area contributed by atoms with E-state index in [0.717, 1.165) is 29.4 Å². The van der Waals surface area contributed by atoms with Gasteiger partial charge in [0.2, 0.25) is 0 Å². The minimum Gasteiger partial charge on any atom is -0.383 e. The van der Waals surface area contributed by atoms with Gasteiger partial charge in [0.1, 0.15) is 5.69 Å². The van der Waals surface area contributed by atoms with Gasteiger partial charge >= 0.3 is 0 Å². The van der Waals surface area contributed by atoms with Crippen LogP contribution in [0.3, 0.4) is 0 Å². The second-order valence-corrected chi connectivity index (χ2v) is 4.27. The van der Waals surface area contributed by atoms with Crippen molar-refractivity contribution in [2.24, 2.45) is 0 Å². The van der Waals surface area contributed by atoms with Gasteiger partial charge < -0.3 is 10.1 Å². The lowest BCUT2D eigenvalue weighted by Gasteiger charge is -2.03. The summed E-state index contributed by atoms with van der Waals surface area (Å²) in [6.07, 6.45) is 1.76. The van der Waals surface area contributed by atoms with Gasteiger partial charge in [0.15, 0.2) is 0 Å². The van der Waals surface area contributed by atoms with E-state index < -0.39 is 0 Å². The molecule has 17 heavy (non-hydrogen) atoms. The van der Waals surface area contributed by atoms with E-state index in [1.165, 1.54) is 11.5 Å². The first kappa shape index (κ1) is 12.1. The molecule has 0 amide bonds. The molecule has 0 aliphatic rings. The molecule has 0 saturated heterocycles. The molecule has 0 spiro atoms. The molecule has 90 valence electrons. The molecule has 0 unspecified atom stereocenters. The Labute approximate surface area is 104 Å². The lowest BCUT2D eigenvalue weighted by molar-refractivity contribution is 0.199. The lowest BCUT2D eigenvalue weighted by Crippen LogP contribution is -2.18. The Hall–Kier alpha value is -1.37. The number of hydrogen-bond acceptors (Lipinski definition) is 6. The van der Waals surface area contributed by atoms with E-state index in [1.54, 1.807) is 13.3 Å². The Bertz CT molecular complexity index is 446. The zero-order chi connectivity index (χ0) is 11.9. The number of pyridine rings is 1. The number of aromatic nitrogens is 3. The molecule has 0 aromatic carbocycles. The van der Waals surface area contributed by atoms with Crippen LogP contribution in [0.15, 0.2) is 24.4 Å². The maximum absolute atomic E-state index is 4.97. The van der Waals surface area contributed by atoms with E-state index in [2.05, 4.69) is 19.9 Å². The summed E-state index contributed by atoms with van der Waals surface area (Å²) in [6, 6.07) is 5.78. The Balaban J connectivity index is 2.02. The SMILES string of the molecule is COCCNCc1snnc1-c1ccccn1. The first-order valence-electron chi connectivity index (χ1n) is 5.34. The van der Waals surface area contributed by atoms with Gasteiger partial charge in [0.25, 0.3) is 0 Å². The summed E-state index contributed by atoms with van der Waals surface area (Å²) in [5.74, 6) is 0. The molecular weight excluding hydrogens is 236 g/mol. The van der Waals surface area contributed by atoms with E-state index in [0.29, 0.717) is 6.61 Å². The molecule has 6 heteroatoms. The molecule has 0 aliphatic carbocycles. The van der Waals surface area contributed by atoms with Crippen LogP contribution in [0.1, 0.15) is 4.88 Å². The van der Waals surface area contributed by atoms with Crippen molar-refractivity contribution in [2.75, 3.05) is 20.3 Å². The van der Waals surface area contributed by atoms with Gasteiger partial charge in [0, 0.05) is 26.4 Å². The van der Waals surface area contributed by atoms with Crippen LogP contribution in [-0.4, -0.2) is 34.8 Å². The number of nitrogens with one attached hydrogen (secondary N) is 1. The molecule has 1 N–H and O–H groups in total. The van der Waals surface area contributed by atoms with Crippen molar-refractivity contribution in [3.05, 3.63) is 29.3 Å². The van der Waals surface area contributed by atoms with Crippen molar-refractivity contribution in [1.82, 2.24) is 19.9 Å². The number of hydrogen-bond donors (Lipinski definition) is 1. The number of rotatable bonds is 6. The van der Waals surface area contributed by atoms with Crippen LogP contribution in [0, 0.1) is 0 Å². The zero-order valence-electron chi connectivity index (χ0n) is 9.59. The highest BCUT2D eigenvalue weighted by Gasteiger charge is 2.10. The molecule has 2 aromatic heterocycles. The minimum atomic E-state index is 0.700. The van der Waals surface area contributed by atoms with Crippen LogP contribution in [0.25, 0.3) is 11.4 Å².